The standard InChI is InChI=1S/C10H22N2/c1-8(4-9(2)6-11)5-10(3)7-12/h4,9-10H,5-7,11-12H2,1-3H3. The lowest BCUT2D eigenvalue weighted by atomic mass is 9.99. The lowest BCUT2D eigenvalue weighted by Crippen LogP contribution is -2.12. The maximum atomic E-state index is 5.53. The van der Waals surface area contributed by atoms with Crippen LogP contribution in [-0.2, 0) is 0 Å². The Morgan fingerprint density at radius 1 is 1.25 bits per heavy atom. The first-order valence-corrected chi connectivity index (χ1v) is 4.67. The topological polar surface area (TPSA) is 52.0 Å². The fourth-order valence-corrected chi connectivity index (χ4v) is 1.25. The summed E-state index contributed by atoms with van der Waals surface area (Å²) in [5, 5.41) is 0. The van der Waals surface area contributed by atoms with Crippen LogP contribution < -0.4 is 11.5 Å². The molecule has 0 aliphatic carbocycles. The average molecular weight is 170 g/mol. The van der Waals surface area contributed by atoms with Crippen LogP contribution in [0.1, 0.15) is 27.2 Å². The molecule has 2 atom stereocenters. The molecule has 4 N–H and O–H groups in total. The van der Waals surface area contributed by atoms with E-state index in [2.05, 4.69) is 26.8 Å². The van der Waals surface area contributed by atoms with E-state index in [0.29, 0.717) is 11.8 Å². The molecule has 0 saturated carbocycles. The van der Waals surface area contributed by atoms with Crippen molar-refractivity contribution < 1.29 is 0 Å². The van der Waals surface area contributed by atoms with Crippen molar-refractivity contribution in [3.8, 4) is 0 Å². The van der Waals surface area contributed by atoms with Gasteiger partial charge in [-0.15, -0.1) is 0 Å². The third kappa shape index (κ3) is 5.33. The molecule has 0 bridgehead atoms. The quantitative estimate of drug-likeness (QED) is 0.614. The molecule has 0 radical (unpaired) electrons. The SMILES string of the molecule is CC(=CC(C)CN)CC(C)CN. The maximum Gasteiger partial charge on any atom is -0.00167 e. The van der Waals surface area contributed by atoms with Gasteiger partial charge in [0.1, 0.15) is 0 Å². The molecule has 0 heterocycles. The number of allylic oxidation sites excluding steroid dienone is 1. The van der Waals surface area contributed by atoms with E-state index in [0.717, 1.165) is 19.5 Å². The van der Waals surface area contributed by atoms with Crippen molar-refractivity contribution in [3.63, 3.8) is 0 Å². The maximum absolute atomic E-state index is 5.53. The second-order valence-corrected chi connectivity index (χ2v) is 3.77. The fourth-order valence-electron chi connectivity index (χ4n) is 1.25. The first-order valence-electron chi connectivity index (χ1n) is 4.67. The highest BCUT2D eigenvalue weighted by Crippen LogP contribution is 2.11. The minimum atomic E-state index is 0.495. The van der Waals surface area contributed by atoms with Gasteiger partial charge in [-0.05, 0) is 38.3 Å². The summed E-state index contributed by atoms with van der Waals surface area (Å²) in [5.41, 5.74) is 12.5. The van der Waals surface area contributed by atoms with Crippen molar-refractivity contribution >= 4 is 0 Å². The van der Waals surface area contributed by atoms with Gasteiger partial charge in [-0.25, -0.2) is 0 Å². The molecule has 0 rings (SSSR count). The normalized spacial score (nSPS) is 17.6. The Morgan fingerprint density at radius 2 is 1.83 bits per heavy atom. The highest BCUT2D eigenvalue weighted by Gasteiger charge is 2.01. The van der Waals surface area contributed by atoms with Gasteiger partial charge < -0.3 is 11.5 Å². The Morgan fingerprint density at radius 3 is 2.25 bits per heavy atom. The number of hydrogen-bond donors (Lipinski definition) is 2. The summed E-state index contributed by atoms with van der Waals surface area (Å²) < 4.78 is 0. The van der Waals surface area contributed by atoms with Gasteiger partial charge >= 0.3 is 0 Å². The Bertz CT molecular complexity index is 141. The summed E-state index contributed by atoms with van der Waals surface area (Å²) in [4.78, 5) is 0. The van der Waals surface area contributed by atoms with E-state index in [-0.39, 0.29) is 0 Å². The van der Waals surface area contributed by atoms with Crippen molar-refractivity contribution in [2.24, 2.45) is 23.3 Å². The first-order chi connectivity index (χ1) is 5.60. The third-order valence-corrected chi connectivity index (χ3v) is 2.01. The van der Waals surface area contributed by atoms with E-state index < -0.39 is 0 Å². The number of rotatable bonds is 5. The molecular weight excluding hydrogens is 148 g/mol. The lowest BCUT2D eigenvalue weighted by molar-refractivity contribution is 0.583. The van der Waals surface area contributed by atoms with E-state index in [1.165, 1.54) is 5.57 Å². The van der Waals surface area contributed by atoms with Gasteiger partial charge in [0.25, 0.3) is 0 Å². The summed E-state index contributed by atoms with van der Waals surface area (Å²) in [7, 11) is 0. The lowest BCUT2D eigenvalue weighted by Gasteiger charge is -2.10. The van der Waals surface area contributed by atoms with Crippen molar-refractivity contribution in [1.82, 2.24) is 0 Å². The van der Waals surface area contributed by atoms with Crippen LogP contribution in [0.5, 0.6) is 0 Å². The van der Waals surface area contributed by atoms with E-state index in [1.807, 2.05) is 0 Å². The van der Waals surface area contributed by atoms with E-state index >= 15 is 0 Å². The number of hydrogen-bond acceptors (Lipinski definition) is 2. The predicted octanol–water partition coefficient (Wildman–Crippen LogP) is 1.51. The predicted molar refractivity (Wildman–Crippen MR) is 54.8 cm³/mol. The Labute approximate surface area is 76.0 Å². The molecule has 0 aromatic heterocycles. The molecule has 0 fully saturated rings. The molecule has 2 nitrogen and oxygen atoms in total. The van der Waals surface area contributed by atoms with E-state index in [4.69, 9.17) is 11.5 Å². The Hall–Kier alpha value is -0.340. The van der Waals surface area contributed by atoms with Crippen LogP contribution in [0.15, 0.2) is 11.6 Å². The molecule has 0 aliphatic rings. The van der Waals surface area contributed by atoms with Crippen LogP contribution in [0.3, 0.4) is 0 Å². The summed E-state index contributed by atoms with van der Waals surface area (Å²) in [5.74, 6) is 1.08. The van der Waals surface area contributed by atoms with Crippen molar-refractivity contribution in [1.29, 1.82) is 0 Å². The second kappa shape index (κ2) is 6.21. The van der Waals surface area contributed by atoms with Gasteiger partial charge in [0, 0.05) is 0 Å². The van der Waals surface area contributed by atoms with Crippen LogP contribution in [0.2, 0.25) is 0 Å². The zero-order valence-corrected chi connectivity index (χ0v) is 8.51. The van der Waals surface area contributed by atoms with Gasteiger partial charge in [0.2, 0.25) is 0 Å². The molecule has 0 amide bonds. The average Bonchev–Trinajstić information content (AvgIpc) is 2.03. The van der Waals surface area contributed by atoms with Crippen LogP contribution in [0, 0.1) is 11.8 Å². The van der Waals surface area contributed by atoms with Gasteiger partial charge in [-0.2, -0.15) is 0 Å². The smallest absolute Gasteiger partial charge is 0.00167 e. The van der Waals surface area contributed by atoms with Crippen LogP contribution >= 0.6 is 0 Å². The molecule has 2 heteroatoms. The van der Waals surface area contributed by atoms with Crippen molar-refractivity contribution in [2.45, 2.75) is 27.2 Å². The van der Waals surface area contributed by atoms with Gasteiger partial charge in [-0.3, -0.25) is 0 Å². The molecule has 0 aromatic rings. The van der Waals surface area contributed by atoms with Gasteiger partial charge in [0.15, 0.2) is 0 Å². The zero-order chi connectivity index (χ0) is 9.56. The summed E-state index contributed by atoms with van der Waals surface area (Å²) in [6.45, 7) is 7.95. The van der Waals surface area contributed by atoms with Crippen molar-refractivity contribution in [3.05, 3.63) is 11.6 Å². The number of nitrogens with two attached hydrogens (primary N) is 2. The zero-order valence-electron chi connectivity index (χ0n) is 8.51. The molecule has 0 saturated heterocycles. The van der Waals surface area contributed by atoms with E-state index in [1.54, 1.807) is 0 Å². The molecule has 0 aromatic carbocycles. The molecular formula is C10H22N2. The molecule has 12 heavy (non-hydrogen) atoms. The van der Waals surface area contributed by atoms with Crippen LogP contribution in [0.25, 0.3) is 0 Å². The molecule has 0 spiro atoms. The first kappa shape index (κ1) is 11.7. The van der Waals surface area contributed by atoms with Crippen LogP contribution in [-0.4, -0.2) is 13.1 Å². The second-order valence-electron chi connectivity index (χ2n) is 3.77. The summed E-state index contributed by atoms with van der Waals surface area (Å²) in [6.07, 6.45) is 3.34. The van der Waals surface area contributed by atoms with Gasteiger partial charge in [-0.1, -0.05) is 25.5 Å². The molecule has 72 valence electrons. The monoisotopic (exact) mass is 170 g/mol. The summed E-state index contributed by atoms with van der Waals surface area (Å²) >= 11 is 0. The molecule has 2 unspecified atom stereocenters. The third-order valence-electron chi connectivity index (χ3n) is 2.01. The Kier molecular flexibility index (Phi) is 6.03. The Balaban J connectivity index is 3.84. The fraction of sp³-hybridized carbons (Fsp3) is 0.800. The highest BCUT2D eigenvalue weighted by atomic mass is 14.5. The highest BCUT2D eigenvalue weighted by molar-refractivity contribution is 5.01. The molecule has 0 aliphatic heterocycles. The van der Waals surface area contributed by atoms with Crippen LogP contribution in [0.4, 0.5) is 0 Å². The largest absolute Gasteiger partial charge is 0.330 e. The minimum absolute atomic E-state index is 0.495. The van der Waals surface area contributed by atoms with Gasteiger partial charge in [0.05, 0.1) is 0 Å². The van der Waals surface area contributed by atoms with E-state index in [9.17, 15) is 0 Å². The summed E-state index contributed by atoms with van der Waals surface area (Å²) in [6, 6.07) is 0. The van der Waals surface area contributed by atoms with Crippen molar-refractivity contribution in [2.75, 3.05) is 13.1 Å². The minimum Gasteiger partial charge on any atom is -0.330 e.